The molecule has 0 saturated carbocycles. The highest BCUT2D eigenvalue weighted by molar-refractivity contribution is 6.08. The molecule has 2 aliphatic rings. The Kier molecular flexibility index (Phi) is 4.41. The van der Waals surface area contributed by atoms with Crippen LogP contribution in [-0.4, -0.2) is 41.4 Å². The third-order valence-electron chi connectivity index (χ3n) is 5.49. The number of carbonyl (C=O) groups is 3. The van der Waals surface area contributed by atoms with Gasteiger partial charge < -0.3 is 10.1 Å². The second-order valence-corrected chi connectivity index (χ2v) is 7.03. The first-order valence-electron chi connectivity index (χ1n) is 8.80. The van der Waals surface area contributed by atoms with Crippen LogP contribution in [0, 0.1) is 18.8 Å². The summed E-state index contributed by atoms with van der Waals surface area (Å²) >= 11 is 0. The van der Waals surface area contributed by atoms with Crippen molar-refractivity contribution in [2.24, 2.45) is 11.8 Å². The predicted octanol–water partition coefficient (Wildman–Crippen LogP) is 0.556. The number of nitrogens with zero attached hydrogens (tertiary/aromatic N) is 1. The number of likely N-dealkylation sites (tertiary alicyclic amines) is 1. The molecule has 0 unspecified atom stereocenters. The first-order valence-corrected chi connectivity index (χ1v) is 8.80. The Morgan fingerprint density at radius 3 is 2.40 bits per heavy atom. The number of esters is 1. The second-order valence-electron chi connectivity index (χ2n) is 7.03. The zero-order valence-electron chi connectivity index (χ0n) is 15.1. The molecule has 0 aliphatic carbocycles. The van der Waals surface area contributed by atoms with Crippen molar-refractivity contribution in [2.45, 2.75) is 39.3 Å². The molecular weight excluding hydrogens is 320 g/mol. The van der Waals surface area contributed by atoms with Crippen molar-refractivity contribution in [2.75, 3.05) is 13.2 Å². The number of ether oxygens (including phenoxy) is 1. The molecule has 0 spiro atoms. The standard InChI is InChI=1S/C19H24N2O4/c1-5-21-16(22)13-14(17(21)23)19(4,18(24)25-6-2)20-15(13)12-9-7-11(3)8-10-12/h7-10,13-15,20H,5-6H2,1-4H3/p+1/t13-,14+,15+,19-/m1/s1. The molecule has 2 amide bonds. The third-order valence-corrected chi connectivity index (χ3v) is 5.49. The van der Waals surface area contributed by atoms with Gasteiger partial charge in [-0.1, -0.05) is 29.8 Å². The second kappa shape index (κ2) is 6.26. The highest BCUT2D eigenvalue weighted by Crippen LogP contribution is 2.44. The number of benzene rings is 1. The molecule has 6 heteroatoms. The van der Waals surface area contributed by atoms with Gasteiger partial charge in [0.15, 0.2) is 0 Å². The van der Waals surface area contributed by atoms with Gasteiger partial charge in [0, 0.05) is 19.0 Å². The van der Waals surface area contributed by atoms with Crippen LogP contribution < -0.4 is 5.32 Å². The fourth-order valence-corrected chi connectivity index (χ4v) is 4.21. The number of rotatable bonds is 4. The van der Waals surface area contributed by atoms with E-state index in [9.17, 15) is 14.4 Å². The Morgan fingerprint density at radius 2 is 1.84 bits per heavy atom. The van der Waals surface area contributed by atoms with Gasteiger partial charge in [0.2, 0.25) is 17.4 Å². The topological polar surface area (TPSA) is 80.3 Å². The van der Waals surface area contributed by atoms with E-state index in [2.05, 4.69) is 0 Å². The summed E-state index contributed by atoms with van der Waals surface area (Å²) in [5.74, 6) is -2.11. The molecule has 25 heavy (non-hydrogen) atoms. The molecule has 0 bridgehead atoms. The molecule has 2 saturated heterocycles. The van der Waals surface area contributed by atoms with Crippen molar-refractivity contribution in [1.82, 2.24) is 4.90 Å². The number of quaternary nitrogens is 1. The molecule has 134 valence electrons. The van der Waals surface area contributed by atoms with E-state index in [1.807, 2.05) is 36.5 Å². The average molecular weight is 345 g/mol. The van der Waals surface area contributed by atoms with Crippen molar-refractivity contribution in [3.05, 3.63) is 35.4 Å². The van der Waals surface area contributed by atoms with Crippen LogP contribution >= 0.6 is 0 Å². The van der Waals surface area contributed by atoms with Gasteiger partial charge in [-0.2, -0.15) is 0 Å². The Balaban J connectivity index is 2.07. The van der Waals surface area contributed by atoms with Crippen LogP contribution in [0.3, 0.4) is 0 Å². The van der Waals surface area contributed by atoms with E-state index in [4.69, 9.17) is 4.74 Å². The molecule has 2 aliphatic heterocycles. The van der Waals surface area contributed by atoms with Gasteiger partial charge in [0.05, 0.1) is 6.61 Å². The quantitative estimate of drug-likeness (QED) is 0.639. The molecule has 1 aromatic carbocycles. The van der Waals surface area contributed by atoms with Gasteiger partial charge in [-0.05, 0) is 20.8 Å². The summed E-state index contributed by atoms with van der Waals surface area (Å²) in [6, 6.07) is 7.63. The largest absolute Gasteiger partial charge is 0.461 e. The summed E-state index contributed by atoms with van der Waals surface area (Å²) in [6.45, 7) is 7.81. The lowest BCUT2D eigenvalue weighted by molar-refractivity contribution is -0.731. The Labute approximate surface area is 147 Å². The van der Waals surface area contributed by atoms with Crippen LogP contribution in [0.15, 0.2) is 24.3 Å². The van der Waals surface area contributed by atoms with Gasteiger partial charge in [0.25, 0.3) is 0 Å². The van der Waals surface area contributed by atoms with Crippen LogP contribution in [-0.2, 0) is 19.1 Å². The fraction of sp³-hybridized carbons (Fsp3) is 0.526. The smallest absolute Gasteiger partial charge is 0.368 e. The minimum Gasteiger partial charge on any atom is -0.461 e. The summed E-state index contributed by atoms with van der Waals surface area (Å²) < 4.78 is 5.24. The summed E-state index contributed by atoms with van der Waals surface area (Å²) in [4.78, 5) is 39.7. The number of amides is 2. The highest BCUT2D eigenvalue weighted by atomic mass is 16.5. The van der Waals surface area contributed by atoms with Crippen LogP contribution in [0.25, 0.3) is 0 Å². The normalized spacial score (nSPS) is 31.4. The van der Waals surface area contributed by atoms with Crippen molar-refractivity contribution < 1.29 is 24.4 Å². The zero-order chi connectivity index (χ0) is 18.4. The van der Waals surface area contributed by atoms with Gasteiger partial charge in [-0.3, -0.25) is 14.5 Å². The molecular formula is C19H25N2O4+. The van der Waals surface area contributed by atoms with Crippen molar-refractivity contribution in [1.29, 1.82) is 0 Å². The Morgan fingerprint density at radius 1 is 1.20 bits per heavy atom. The molecule has 6 nitrogen and oxygen atoms in total. The number of aryl methyl sites for hydroxylation is 1. The molecule has 0 aromatic heterocycles. The van der Waals surface area contributed by atoms with Gasteiger partial charge in [-0.25, -0.2) is 4.79 Å². The zero-order valence-corrected chi connectivity index (χ0v) is 15.1. The molecule has 0 radical (unpaired) electrons. The van der Waals surface area contributed by atoms with Crippen LogP contribution in [0.1, 0.15) is 37.9 Å². The number of hydrogen-bond donors (Lipinski definition) is 1. The lowest BCUT2D eigenvalue weighted by Crippen LogP contribution is -2.97. The number of imide groups is 1. The predicted molar refractivity (Wildman–Crippen MR) is 90.3 cm³/mol. The maximum atomic E-state index is 12.9. The number of nitrogens with two attached hydrogens (primary N) is 1. The molecule has 1 aromatic rings. The minimum atomic E-state index is -1.09. The van der Waals surface area contributed by atoms with Crippen molar-refractivity contribution in [3.63, 3.8) is 0 Å². The maximum absolute atomic E-state index is 12.9. The molecule has 2 fully saturated rings. The summed E-state index contributed by atoms with van der Waals surface area (Å²) in [5, 5.41) is 1.85. The van der Waals surface area contributed by atoms with E-state index < -0.39 is 23.3 Å². The molecule has 3 rings (SSSR count). The SMILES string of the molecule is CCOC(=O)[C@]1(C)[NH2+][C@@H](c2ccc(C)cc2)[C@@H]2C(=O)N(CC)C(=O)[C@H]21. The van der Waals surface area contributed by atoms with E-state index in [0.717, 1.165) is 11.1 Å². The van der Waals surface area contributed by atoms with Crippen molar-refractivity contribution >= 4 is 17.8 Å². The summed E-state index contributed by atoms with van der Waals surface area (Å²) in [6.07, 6.45) is 0. The van der Waals surface area contributed by atoms with Gasteiger partial charge in [-0.15, -0.1) is 0 Å². The van der Waals surface area contributed by atoms with Gasteiger partial charge >= 0.3 is 5.97 Å². The van der Waals surface area contributed by atoms with Gasteiger partial charge in [0.1, 0.15) is 17.9 Å². The molecule has 2 heterocycles. The monoisotopic (exact) mass is 345 g/mol. The summed E-state index contributed by atoms with van der Waals surface area (Å²) in [7, 11) is 0. The van der Waals surface area contributed by atoms with Crippen molar-refractivity contribution in [3.8, 4) is 0 Å². The van der Waals surface area contributed by atoms with Crippen LogP contribution in [0.2, 0.25) is 0 Å². The molecule has 2 N–H and O–H groups in total. The maximum Gasteiger partial charge on any atom is 0.368 e. The first kappa shape index (κ1) is 17.6. The van der Waals surface area contributed by atoms with E-state index >= 15 is 0 Å². The summed E-state index contributed by atoms with van der Waals surface area (Å²) in [5.41, 5.74) is 0.982. The Hall–Kier alpha value is -2.21. The number of carbonyl (C=O) groups excluding carboxylic acids is 3. The minimum absolute atomic E-state index is 0.188. The van der Waals surface area contributed by atoms with E-state index in [-0.39, 0.29) is 24.5 Å². The number of fused-ring (bicyclic) bond motifs is 1. The van der Waals surface area contributed by atoms with E-state index in [0.29, 0.717) is 6.54 Å². The lowest BCUT2D eigenvalue weighted by Gasteiger charge is -2.25. The highest BCUT2D eigenvalue weighted by Gasteiger charge is 2.70. The van der Waals surface area contributed by atoms with Crippen LogP contribution in [0.5, 0.6) is 0 Å². The fourth-order valence-electron chi connectivity index (χ4n) is 4.21. The average Bonchev–Trinajstić information content (AvgIpc) is 3.03. The number of hydrogen-bond acceptors (Lipinski definition) is 4. The van der Waals surface area contributed by atoms with E-state index in [1.165, 1.54) is 4.90 Å². The Bertz CT molecular complexity index is 715. The third kappa shape index (κ3) is 2.56. The van der Waals surface area contributed by atoms with E-state index in [1.54, 1.807) is 20.8 Å². The van der Waals surface area contributed by atoms with Crippen LogP contribution in [0.4, 0.5) is 0 Å². The lowest BCUT2D eigenvalue weighted by atomic mass is 9.80. The first-order chi connectivity index (χ1) is 11.8. The molecule has 4 atom stereocenters.